The van der Waals surface area contributed by atoms with Crippen molar-refractivity contribution in [1.29, 1.82) is 0 Å². The number of amides is 2. The van der Waals surface area contributed by atoms with Crippen molar-refractivity contribution >= 4 is 33.0 Å². The number of aliphatic hydroxyl groups is 1. The molecular weight excluding hydrogens is 602 g/mol. The predicted octanol–water partition coefficient (Wildman–Crippen LogP) is 3.18. The maximum absolute atomic E-state index is 14.1. The van der Waals surface area contributed by atoms with Crippen LogP contribution in [0.1, 0.15) is 38.3 Å². The first-order valence-electron chi connectivity index (χ1n) is 15.2. The van der Waals surface area contributed by atoms with Gasteiger partial charge in [-0.3, -0.25) is 4.79 Å². The normalized spacial score (nSPS) is 21.2. The van der Waals surface area contributed by atoms with Crippen LogP contribution in [-0.4, -0.2) is 80.7 Å². The fraction of sp³-hybridized carbons (Fsp3) is 0.500. The molecule has 5 rings (SSSR count). The SMILES string of the molecule is CC(=O)NCc1coc2ccc(S(=O)(=O)N(CC(C)C)C[C@@H](O)[C@H](Cc3ccccc3)NC(=O)OC3CO[C@H]4OCC[C@@H]34)cc12. The molecule has 1 unspecified atom stereocenters. The zero-order valence-electron chi connectivity index (χ0n) is 25.7. The number of fused-ring (bicyclic) bond motifs is 2. The summed E-state index contributed by atoms with van der Waals surface area (Å²) in [7, 11) is -4.10. The molecule has 12 nitrogen and oxygen atoms in total. The molecule has 0 bridgehead atoms. The van der Waals surface area contributed by atoms with Crippen LogP contribution in [0.25, 0.3) is 11.0 Å². The molecule has 2 fully saturated rings. The number of alkyl carbamates (subject to hydrolysis) is 1. The van der Waals surface area contributed by atoms with Gasteiger partial charge in [-0.1, -0.05) is 44.2 Å². The van der Waals surface area contributed by atoms with Gasteiger partial charge in [-0.2, -0.15) is 4.31 Å². The highest BCUT2D eigenvalue weighted by atomic mass is 32.2. The number of nitrogens with zero attached hydrogens (tertiary/aromatic N) is 1. The fourth-order valence-corrected chi connectivity index (χ4v) is 7.41. The smallest absolute Gasteiger partial charge is 0.407 e. The number of benzene rings is 2. The van der Waals surface area contributed by atoms with E-state index in [1.165, 1.54) is 29.6 Å². The monoisotopic (exact) mass is 643 g/mol. The summed E-state index contributed by atoms with van der Waals surface area (Å²) in [6.07, 6.45) is -0.392. The van der Waals surface area contributed by atoms with Gasteiger partial charge in [0.2, 0.25) is 15.9 Å². The van der Waals surface area contributed by atoms with Gasteiger partial charge in [0.05, 0.1) is 42.4 Å². The Morgan fingerprint density at radius 1 is 1.11 bits per heavy atom. The maximum Gasteiger partial charge on any atom is 0.407 e. The second-order valence-corrected chi connectivity index (χ2v) is 14.0. The lowest BCUT2D eigenvalue weighted by Gasteiger charge is -2.31. The number of sulfonamides is 1. The first-order valence-corrected chi connectivity index (χ1v) is 16.6. The molecule has 45 heavy (non-hydrogen) atoms. The fourth-order valence-electron chi connectivity index (χ4n) is 5.76. The van der Waals surface area contributed by atoms with Crippen LogP contribution < -0.4 is 10.6 Å². The zero-order chi connectivity index (χ0) is 32.1. The number of rotatable bonds is 13. The van der Waals surface area contributed by atoms with E-state index in [9.17, 15) is 23.1 Å². The molecule has 2 aliphatic rings. The molecule has 3 heterocycles. The minimum absolute atomic E-state index is 0.0230. The van der Waals surface area contributed by atoms with Gasteiger partial charge in [-0.05, 0) is 42.5 Å². The Balaban J connectivity index is 1.36. The van der Waals surface area contributed by atoms with Gasteiger partial charge in [0.25, 0.3) is 0 Å². The Hall–Kier alpha value is -3.49. The van der Waals surface area contributed by atoms with E-state index in [2.05, 4.69) is 10.6 Å². The second-order valence-electron chi connectivity index (χ2n) is 12.0. The zero-order valence-corrected chi connectivity index (χ0v) is 26.5. The summed E-state index contributed by atoms with van der Waals surface area (Å²) in [6.45, 7) is 5.98. The van der Waals surface area contributed by atoms with Crippen molar-refractivity contribution in [2.24, 2.45) is 11.8 Å². The quantitative estimate of drug-likeness (QED) is 0.255. The average molecular weight is 644 g/mol. The molecule has 1 aromatic heterocycles. The molecule has 0 saturated carbocycles. The van der Waals surface area contributed by atoms with Crippen LogP contribution >= 0.6 is 0 Å². The van der Waals surface area contributed by atoms with E-state index in [1.54, 1.807) is 6.07 Å². The standard InChI is InChI=1S/C32H41N3O9S/c1-20(2)16-35(45(39,40)24-9-10-29-26(14-24)23(18-42-29)15-33-21(3)36)17-28(37)27(13-22-7-5-4-6-8-22)34-32(38)44-30-19-43-31-25(30)11-12-41-31/h4-10,14,18,20,25,27-28,30-31,37H,11-13,15-17,19H2,1-3H3,(H,33,36)(H,34,38)/t25-,27-,28+,30?,31+/m0/s1. The number of ether oxygens (including phenoxy) is 3. The summed E-state index contributed by atoms with van der Waals surface area (Å²) in [5.74, 6) is -0.332. The van der Waals surface area contributed by atoms with E-state index in [1.807, 2.05) is 44.2 Å². The van der Waals surface area contributed by atoms with Gasteiger partial charge in [-0.15, -0.1) is 0 Å². The van der Waals surface area contributed by atoms with E-state index in [-0.39, 0.29) is 61.6 Å². The molecule has 5 atom stereocenters. The van der Waals surface area contributed by atoms with Crippen molar-refractivity contribution < 1.29 is 41.7 Å². The third-order valence-electron chi connectivity index (χ3n) is 8.06. The first-order chi connectivity index (χ1) is 21.5. The highest BCUT2D eigenvalue weighted by Gasteiger charge is 2.44. The number of hydrogen-bond acceptors (Lipinski definition) is 9. The summed E-state index contributed by atoms with van der Waals surface area (Å²) in [6, 6.07) is 13.0. The van der Waals surface area contributed by atoms with Gasteiger partial charge in [-0.25, -0.2) is 13.2 Å². The van der Waals surface area contributed by atoms with Crippen LogP contribution in [0.3, 0.4) is 0 Å². The van der Waals surface area contributed by atoms with Crippen LogP contribution in [0.15, 0.2) is 64.1 Å². The first kappa shape index (κ1) is 32.9. The minimum Gasteiger partial charge on any atom is -0.464 e. The Morgan fingerprint density at radius 2 is 1.89 bits per heavy atom. The molecule has 13 heteroatoms. The molecular formula is C32H41N3O9S. The summed E-state index contributed by atoms with van der Waals surface area (Å²) in [5.41, 5.74) is 1.98. The molecule has 2 aliphatic heterocycles. The second kappa shape index (κ2) is 14.3. The van der Waals surface area contributed by atoms with E-state index in [0.717, 1.165) is 12.0 Å². The molecule has 2 aromatic carbocycles. The predicted molar refractivity (Wildman–Crippen MR) is 164 cm³/mol. The van der Waals surface area contributed by atoms with E-state index < -0.39 is 34.4 Å². The summed E-state index contributed by atoms with van der Waals surface area (Å²) >= 11 is 0. The van der Waals surface area contributed by atoms with Gasteiger partial charge < -0.3 is 34.4 Å². The highest BCUT2D eigenvalue weighted by molar-refractivity contribution is 7.89. The van der Waals surface area contributed by atoms with Crippen LogP contribution in [-0.2, 0) is 42.0 Å². The Kier molecular flexibility index (Phi) is 10.4. The van der Waals surface area contributed by atoms with Crippen molar-refractivity contribution in [2.45, 2.75) is 69.6 Å². The molecule has 2 amide bonds. The number of aliphatic hydroxyl groups excluding tert-OH is 1. The molecule has 3 N–H and O–H groups in total. The summed E-state index contributed by atoms with van der Waals surface area (Å²) in [4.78, 5) is 24.6. The van der Waals surface area contributed by atoms with Crippen molar-refractivity contribution in [2.75, 3.05) is 26.3 Å². The minimum atomic E-state index is -4.10. The third-order valence-corrected chi connectivity index (χ3v) is 9.89. The highest BCUT2D eigenvalue weighted by Crippen LogP contribution is 2.33. The van der Waals surface area contributed by atoms with Gasteiger partial charge in [0, 0.05) is 37.5 Å². The summed E-state index contributed by atoms with van der Waals surface area (Å²) < 4.78 is 51.7. The molecule has 0 spiro atoms. The lowest BCUT2D eigenvalue weighted by Crippen LogP contribution is -2.51. The maximum atomic E-state index is 14.1. The Labute approximate surface area is 263 Å². The lowest BCUT2D eigenvalue weighted by atomic mass is 10.0. The van der Waals surface area contributed by atoms with Crippen LogP contribution in [0.4, 0.5) is 4.79 Å². The van der Waals surface area contributed by atoms with Crippen molar-refractivity contribution in [3.8, 4) is 0 Å². The van der Waals surface area contributed by atoms with Crippen molar-refractivity contribution in [3.63, 3.8) is 0 Å². The Morgan fingerprint density at radius 3 is 2.62 bits per heavy atom. The number of hydrogen-bond donors (Lipinski definition) is 3. The number of nitrogens with one attached hydrogen (secondary N) is 2. The van der Waals surface area contributed by atoms with Crippen LogP contribution in [0, 0.1) is 11.8 Å². The molecule has 3 aromatic rings. The van der Waals surface area contributed by atoms with Crippen LogP contribution in [0.5, 0.6) is 0 Å². The van der Waals surface area contributed by atoms with Gasteiger partial charge >= 0.3 is 6.09 Å². The molecule has 0 aliphatic carbocycles. The molecule has 0 radical (unpaired) electrons. The third kappa shape index (κ3) is 8.03. The number of carbonyl (C=O) groups is 2. The van der Waals surface area contributed by atoms with E-state index in [4.69, 9.17) is 18.6 Å². The van der Waals surface area contributed by atoms with Gasteiger partial charge in [0.15, 0.2) is 6.29 Å². The van der Waals surface area contributed by atoms with E-state index in [0.29, 0.717) is 23.1 Å². The topological polar surface area (TPSA) is 157 Å². The van der Waals surface area contributed by atoms with E-state index >= 15 is 0 Å². The van der Waals surface area contributed by atoms with Crippen molar-refractivity contribution in [3.05, 3.63) is 65.9 Å². The largest absolute Gasteiger partial charge is 0.464 e. The Bertz CT molecular complexity index is 1580. The van der Waals surface area contributed by atoms with Crippen molar-refractivity contribution in [1.82, 2.24) is 14.9 Å². The number of carbonyl (C=O) groups excluding carboxylic acids is 2. The average Bonchev–Trinajstić information content (AvgIpc) is 3.73. The summed E-state index contributed by atoms with van der Waals surface area (Å²) in [5, 5.41) is 17.6. The van der Waals surface area contributed by atoms with Gasteiger partial charge in [0.1, 0.15) is 11.7 Å². The number of furan rings is 1. The molecule has 2 saturated heterocycles. The molecule has 244 valence electrons. The van der Waals surface area contributed by atoms with Crippen LogP contribution in [0.2, 0.25) is 0 Å². The lowest BCUT2D eigenvalue weighted by molar-refractivity contribution is -0.119.